The Morgan fingerprint density at radius 2 is 1.93 bits per heavy atom. The van der Waals surface area contributed by atoms with E-state index in [1.54, 1.807) is 19.2 Å². The van der Waals surface area contributed by atoms with Gasteiger partial charge in [-0.25, -0.2) is 8.42 Å². The van der Waals surface area contributed by atoms with Crippen LogP contribution in [0.15, 0.2) is 47.4 Å². The molecule has 5 nitrogen and oxygen atoms in total. The molecule has 0 aliphatic carbocycles. The fraction of sp³-hybridized carbons (Fsp3) is 0.391. The lowest BCUT2D eigenvalue weighted by molar-refractivity contribution is 0.287. The van der Waals surface area contributed by atoms with E-state index in [1.165, 1.54) is 17.4 Å². The zero-order valence-electron chi connectivity index (χ0n) is 17.3. The zero-order chi connectivity index (χ0) is 20.9. The highest BCUT2D eigenvalue weighted by Gasteiger charge is 2.21. The second kappa shape index (κ2) is 9.46. The number of nitrogens with one attached hydrogen (secondary N) is 1. The lowest BCUT2D eigenvalue weighted by Gasteiger charge is -2.26. The van der Waals surface area contributed by atoms with Crippen LogP contribution in [0, 0.1) is 0 Å². The van der Waals surface area contributed by atoms with E-state index in [4.69, 9.17) is 9.47 Å². The first-order valence-corrected chi connectivity index (χ1v) is 11.9. The highest BCUT2D eigenvalue weighted by molar-refractivity contribution is 7.90. The third kappa shape index (κ3) is 5.40. The van der Waals surface area contributed by atoms with Crippen LogP contribution in [0.4, 0.5) is 0 Å². The Balaban J connectivity index is 1.81. The van der Waals surface area contributed by atoms with Crippen molar-refractivity contribution in [1.82, 2.24) is 5.32 Å². The van der Waals surface area contributed by atoms with Gasteiger partial charge in [0.05, 0.1) is 24.7 Å². The number of hydrogen-bond donors (Lipinski definition) is 1. The molecule has 0 bridgehead atoms. The van der Waals surface area contributed by atoms with Gasteiger partial charge in [0.2, 0.25) is 0 Å². The SMILES string of the molecule is CCCCOc1cc2c(cc1OC)C(/C=C/c1ccc(S(C)(=O)=O)cc1)NCC2. The molecule has 1 aliphatic rings. The molecule has 0 saturated carbocycles. The molecule has 2 aromatic rings. The second-order valence-electron chi connectivity index (χ2n) is 7.29. The topological polar surface area (TPSA) is 64.6 Å². The molecule has 6 heteroatoms. The van der Waals surface area contributed by atoms with E-state index in [2.05, 4.69) is 30.4 Å². The normalized spacial score (nSPS) is 16.6. The predicted octanol–water partition coefficient (Wildman–Crippen LogP) is 4.18. The molecule has 1 unspecified atom stereocenters. The van der Waals surface area contributed by atoms with Gasteiger partial charge in [-0.2, -0.15) is 0 Å². The largest absolute Gasteiger partial charge is 0.493 e. The molecule has 0 saturated heterocycles. The van der Waals surface area contributed by atoms with Crippen molar-refractivity contribution in [3.8, 4) is 11.5 Å². The van der Waals surface area contributed by atoms with Crippen LogP contribution in [-0.2, 0) is 16.3 Å². The molecule has 0 fully saturated rings. The van der Waals surface area contributed by atoms with E-state index >= 15 is 0 Å². The first-order valence-electron chi connectivity index (χ1n) is 9.97. The summed E-state index contributed by atoms with van der Waals surface area (Å²) < 4.78 is 34.7. The average Bonchev–Trinajstić information content (AvgIpc) is 2.71. The number of ether oxygens (including phenoxy) is 2. The van der Waals surface area contributed by atoms with Crippen molar-refractivity contribution in [3.63, 3.8) is 0 Å². The zero-order valence-corrected chi connectivity index (χ0v) is 18.1. The van der Waals surface area contributed by atoms with Crippen LogP contribution in [0.2, 0.25) is 0 Å². The van der Waals surface area contributed by atoms with E-state index in [-0.39, 0.29) is 6.04 Å². The highest BCUT2D eigenvalue weighted by atomic mass is 32.2. The summed E-state index contributed by atoms with van der Waals surface area (Å²) in [5.74, 6) is 1.56. The fourth-order valence-corrected chi connectivity index (χ4v) is 4.03. The number of rotatable bonds is 8. The number of fused-ring (bicyclic) bond motifs is 1. The molecular formula is C23H29NO4S. The molecular weight excluding hydrogens is 386 g/mol. The van der Waals surface area contributed by atoms with Gasteiger partial charge in [-0.1, -0.05) is 37.6 Å². The van der Waals surface area contributed by atoms with Gasteiger partial charge in [0.15, 0.2) is 21.3 Å². The van der Waals surface area contributed by atoms with Gasteiger partial charge in [-0.3, -0.25) is 0 Å². The molecule has 29 heavy (non-hydrogen) atoms. The van der Waals surface area contributed by atoms with Crippen molar-refractivity contribution in [2.45, 2.75) is 37.1 Å². The molecule has 156 valence electrons. The van der Waals surface area contributed by atoms with E-state index in [0.29, 0.717) is 11.5 Å². The van der Waals surface area contributed by atoms with Crippen LogP contribution in [0.5, 0.6) is 11.5 Å². The second-order valence-corrected chi connectivity index (χ2v) is 9.30. The van der Waals surface area contributed by atoms with E-state index in [9.17, 15) is 8.42 Å². The first-order chi connectivity index (χ1) is 13.9. The molecule has 1 heterocycles. The minimum Gasteiger partial charge on any atom is -0.493 e. The number of benzene rings is 2. The van der Waals surface area contributed by atoms with Crippen molar-refractivity contribution >= 4 is 15.9 Å². The molecule has 0 spiro atoms. The molecule has 0 radical (unpaired) electrons. The van der Waals surface area contributed by atoms with Crippen molar-refractivity contribution in [2.24, 2.45) is 0 Å². The maximum Gasteiger partial charge on any atom is 0.175 e. The van der Waals surface area contributed by atoms with Crippen molar-refractivity contribution in [2.75, 3.05) is 26.5 Å². The van der Waals surface area contributed by atoms with E-state index in [1.807, 2.05) is 18.2 Å². The molecule has 2 aromatic carbocycles. The Hall–Kier alpha value is -2.31. The number of methoxy groups -OCH3 is 1. The molecule has 0 amide bonds. The summed E-state index contributed by atoms with van der Waals surface area (Å²) in [4.78, 5) is 0.330. The summed E-state index contributed by atoms with van der Waals surface area (Å²) in [5.41, 5.74) is 3.40. The molecule has 3 rings (SSSR count). The third-order valence-electron chi connectivity index (χ3n) is 5.06. The highest BCUT2D eigenvalue weighted by Crippen LogP contribution is 2.36. The van der Waals surface area contributed by atoms with Gasteiger partial charge >= 0.3 is 0 Å². The van der Waals surface area contributed by atoms with Gasteiger partial charge in [0, 0.05) is 12.8 Å². The Morgan fingerprint density at radius 3 is 2.59 bits per heavy atom. The van der Waals surface area contributed by atoms with Crippen LogP contribution >= 0.6 is 0 Å². The molecule has 0 aromatic heterocycles. The summed E-state index contributed by atoms with van der Waals surface area (Å²) in [6.45, 7) is 3.72. The van der Waals surface area contributed by atoms with Crippen molar-refractivity contribution in [1.29, 1.82) is 0 Å². The Morgan fingerprint density at radius 1 is 1.17 bits per heavy atom. The number of hydrogen-bond acceptors (Lipinski definition) is 5. The summed E-state index contributed by atoms with van der Waals surface area (Å²) in [7, 11) is -1.51. The van der Waals surface area contributed by atoms with Crippen LogP contribution in [0.3, 0.4) is 0 Å². The van der Waals surface area contributed by atoms with E-state index in [0.717, 1.165) is 42.9 Å². The predicted molar refractivity (Wildman–Crippen MR) is 116 cm³/mol. The maximum atomic E-state index is 11.6. The fourth-order valence-electron chi connectivity index (χ4n) is 3.40. The maximum absolute atomic E-state index is 11.6. The van der Waals surface area contributed by atoms with Crippen molar-refractivity contribution < 1.29 is 17.9 Å². The molecule has 1 N–H and O–H groups in total. The minimum atomic E-state index is -3.18. The number of unbranched alkanes of at least 4 members (excludes halogenated alkanes) is 1. The average molecular weight is 416 g/mol. The smallest absolute Gasteiger partial charge is 0.175 e. The Labute approximate surface area is 173 Å². The third-order valence-corrected chi connectivity index (χ3v) is 6.19. The molecule has 1 atom stereocenters. The lowest BCUT2D eigenvalue weighted by Crippen LogP contribution is -2.28. The first kappa shape index (κ1) is 21.4. The summed E-state index contributed by atoms with van der Waals surface area (Å²) in [6.07, 6.45) is 8.38. The Kier molecular flexibility index (Phi) is 6.98. The minimum absolute atomic E-state index is 0.0620. The van der Waals surface area contributed by atoms with Gasteiger partial charge in [0.1, 0.15) is 0 Å². The van der Waals surface area contributed by atoms with Gasteiger partial charge in [-0.15, -0.1) is 0 Å². The van der Waals surface area contributed by atoms with Crippen LogP contribution < -0.4 is 14.8 Å². The van der Waals surface area contributed by atoms with Crippen LogP contribution in [0.25, 0.3) is 6.08 Å². The summed E-state index contributed by atoms with van der Waals surface area (Å²) >= 11 is 0. The lowest BCUT2D eigenvalue weighted by atomic mass is 9.93. The Bertz CT molecular complexity index is 965. The van der Waals surface area contributed by atoms with Crippen LogP contribution in [0.1, 0.15) is 42.5 Å². The van der Waals surface area contributed by atoms with Gasteiger partial charge < -0.3 is 14.8 Å². The van der Waals surface area contributed by atoms with E-state index < -0.39 is 9.84 Å². The quantitative estimate of drug-likeness (QED) is 0.656. The molecule has 1 aliphatic heterocycles. The van der Waals surface area contributed by atoms with Gasteiger partial charge in [-0.05, 0) is 53.8 Å². The summed E-state index contributed by atoms with van der Waals surface area (Å²) in [6, 6.07) is 11.1. The standard InChI is InChI=1S/C23H29NO4S/c1-4-5-14-28-23-15-18-12-13-24-21(20(18)16-22(23)27-2)11-8-17-6-9-19(10-7-17)29(3,25)26/h6-11,15-16,21,24H,4-5,12-14H2,1-3H3/b11-8+. The van der Waals surface area contributed by atoms with Gasteiger partial charge in [0.25, 0.3) is 0 Å². The van der Waals surface area contributed by atoms with Crippen LogP contribution in [-0.4, -0.2) is 34.9 Å². The van der Waals surface area contributed by atoms with Crippen molar-refractivity contribution in [3.05, 3.63) is 59.2 Å². The summed E-state index contributed by atoms with van der Waals surface area (Å²) in [5, 5.41) is 3.53. The monoisotopic (exact) mass is 415 g/mol. The number of sulfone groups is 1.